The minimum atomic E-state index is -2.90. The van der Waals surface area contributed by atoms with Gasteiger partial charge in [-0.25, -0.2) is 13.4 Å². The van der Waals surface area contributed by atoms with Gasteiger partial charge in [-0.3, -0.25) is 9.59 Å². The summed E-state index contributed by atoms with van der Waals surface area (Å²) in [6.45, 7) is 24.8. The molecule has 1 aromatic rings. The van der Waals surface area contributed by atoms with Crippen molar-refractivity contribution in [2.75, 3.05) is 37.7 Å². The standard InChI is InChI=1S/C51H72N4O6S/c1-8-50-23-24-51(54-27-28-55-29-32-62(59,60)33-30-55)22-15-36(34(2)3)42(51)39(50)11-12-41-47(6)18-16-38(46(4,5)40(47)17-19-48(41,50)7)35-13-20-49(21-14-35,45(57)58)25-31-61-44-37(43(52)56)10-9-26-53-44/h8-10,13,16,25-26,31,36,39-42,54H,1-2,11-12,14-15,17-24,27-30,32-33H2,3-7H3,(H2,52,56)(H,57,58)/b31-25+/t36-,39+,40?,41?,42?,47-,48+,49-,50+,51-/m0/s1. The number of pyridine rings is 1. The van der Waals surface area contributed by atoms with Crippen LogP contribution in [0.4, 0.5) is 0 Å². The molecule has 10 nitrogen and oxygen atoms in total. The molecule has 4 saturated carbocycles. The van der Waals surface area contributed by atoms with E-state index in [-0.39, 0.29) is 50.1 Å². The van der Waals surface area contributed by atoms with Crippen LogP contribution >= 0.6 is 0 Å². The Morgan fingerprint density at radius 2 is 1.77 bits per heavy atom. The predicted octanol–water partition coefficient (Wildman–Crippen LogP) is 8.69. The molecular formula is C51H72N4O6S. The van der Waals surface area contributed by atoms with E-state index in [9.17, 15) is 23.1 Å². The summed E-state index contributed by atoms with van der Waals surface area (Å²) in [6.07, 6.45) is 23.5. The lowest BCUT2D eigenvalue weighted by molar-refractivity contribution is -0.208. The summed E-state index contributed by atoms with van der Waals surface area (Å²) in [5, 5.41) is 14.7. The molecule has 1 aliphatic heterocycles. The Morgan fingerprint density at radius 3 is 2.44 bits per heavy atom. The van der Waals surface area contributed by atoms with Gasteiger partial charge in [0.15, 0.2) is 9.84 Å². The van der Waals surface area contributed by atoms with Gasteiger partial charge in [-0.2, -0.15) is 0 Å². The fourth-order valence-electron chi connectivity index (χ4n) is 15.6. The number of carbonyl (C=O) groups excluding carboxylic acids is 1. The number of amides is 1. The maximum atomic E-state index is 12.8. The number of aliphatic carboxylic acids is 1. The summed E-state index contributed by atoms with van der Waals surface area (Å²) < 4.78 is 29.9. The van der Waals surface area contributed by atoms with Gasteiger partial charge in [0.25, 0.3) is 5.91 Å². The number of fused-ring (bicyclic) bond motifs is 7. The van der Waals surface area contributed by atoms with E-state index in [0.717, 1.165) is 38.8 Å². The highest BCUT2D eigenvalue weighted by Crippen LogP contribution is 2.77. The minimum absolute atomic E-state index is 0.0361. The summed E-state index contributed by atoms with van der Waals surface area (Å²) in [5.41, 5.74) is 8.76. The number of nitrogens with zero attached hydrogens (tertiary/aromatic N) is 2. The van der Waals surface area contributed by atoms with Crippen LogP contribution in [0.1, 0.15) is 122 Å². The quantitative estimate of drug-likeness (QED) is 0.138. The molecule has 7 aliphatic rings. The van der Waals surface area contributed by atoms with E-state index >= 15 is 0 Å². The van der Waals surface area contributed by atoms with Gasteiger partial charge in [-0.1, -0.05) is 58.1 Å². The molecule has 2 heterocycles. The Morgan fingerprint density at radius 1 is 1.02 bits per heavy atom. The Labute approximate surface area is 370 Å². The Balaban J connectivity index is 1.02. The molecule has 62 heavy (non-hydrogen) atoms. The van der Waals surface area contributed by atoms with Gasteiger partial charge in [0.05, 0.1) is 23.2 Å². The second kappa shape index (κ2) is 16.2. The Hall–Kier alpha value is -3.54. The molecule has 1 aromatic heterocycles. The van der Waals surface area contributed by atoms with Crippen LogP contribution in [0.5, 0.6) is 5.88 Å². The van der Waals surface area contributed by atoms with Crippen molar-refractivity contribution in [2.45, 2.75) is 117 Å². The smallest absolute Gasteiger partial charge is 0.313 e. The number of hydrogen-bond donors (Lipinski definition) is 3. The SMILES string of the molecule is C=C[C@@]12CC[C@@]3(NCCN4CCS(=O)(=O)CC4)CC[C@@H](C(=C)C)C3[C@H]1CCC1[C@@]3(C)CC=C(C4=CC[C@](/C=C/Oc5ncccc5C(N)=O)(C(=O)O)CC4)C(C)(C)C3CC[C@]12C. The lowest BCUT2D eigenvalue weighted by Gasteiger charge is -2.72. The second-order valence-corrected chi connectivity index (χ2v) is 24.0. The molecule has 3 unspecified atom stereocenters. The zero-order chi connectivity index (χ0) is 44.5. The minimum Gasteiger partial charge on any atom is -0.481 e. The van der Waals surface area contributed by atoms with Crippen LogP contribution < -0.4 is 15.8 Å². The van der Waals surface area contributed by atoms with Gasteiger partial charge in [0, 0.05) is 37.9 Å². The average molecular weight is 869 g/mol. The number of carbonyl (C=O) groups is 2. The number of carboxylic acid groups (broad SMARTS) is 1. The molecule has 1 amide bonds. The van der Waals surface area contributed by atoms with Crippen molar-refractivity contribution in [1.82, 2.24) is 15.2 Å². The molecule has 6 aliphatic carbocycles. The van der Waals surface area contributed by atoms with Gasteiger partial charge >= 0.3 is 5.97 Å². The fourth-order valence-corrected chi connectivity index (χ4v) is 16.9. The van der Waals surface area contributed by atoms with E-state index in [1.54, 1.807) is 12.1 Å². The first-order valence-corrected chi connectivity index (χ1v) is 25.3. The molecular weight excluding hydrogens is 797 g/mol. The zero-order valence-electron chi connectivity index (χ0n) is 38.0. The third kappa shape index (κ3) is 7.19. The molecule has 11 heteroatoms. The van der Waals surface area contributed by atoms with Crippen molar-refractivity contribution in [1.29, 1.82) is 0 Å². The first-order chi connectivity index (χ1) is 29.3. The van der Waals surface area contributed by atoms with E-state index < -0.39 is 27.1 Å². The topological polar surface area (TPSA) is 152 Å². The maximum Gasteiger partial charge on any atom is 0.313 e. The van der Waals surface area contributed by atoms with Crippen LogP contribution in [-0.2, 0) is 14.6 Å². The molecule has 338 valence electrons. The predicted molar refractivity (Wildman–Crippen MR) is 245 cm³/mol. The van der Waals surface area contributed by atoms with Gasteiger partial charge in [-0.05, 0) is 165 Å². The lowest BCUT2D eigenvalue weighted by atomic mass is 9.32. The number of nitrogens with two attached hydrogens (primary N) is 1. The van der Waals surface area contributed by atoms with Crippen LogP contribution in [0.3, 0.4) is 0 Å². The number of ether oxygens (including phenoxy) is 1. The molecule has 4 N–H and O–H groups in total. The average Bonchev–Trinajstić information content (AvgIpc) is 3.62. The number of primary amides is 1. The van der Waals surface area contributed by atoms with Gasteiger partial charge in [0.2, 0.25) is 5.88 Å². The zero-order valence-corrected chi connectivity index (χ0v) is 38.8. The van der Waals surface area contributed by atoms with E-state index in [1.807, 2.05) is 0 Å². The van der Waals surface area contributed by atoms with Crippen LogP contribution in [0.2, 0.25) is 0 Å². The molecule has 0 aromatic carbocycles. The van der Waals surface area contributed by atoms with Gasteiger partial charge < -0.3 is 25.8 Å². The number of hydrogen-bond acceptors (Lipinski definition) is 8. The van der Waals surface area contributed by atoms with E-state index in [2.05, 4.69) is 74.6 Å². The third-order valence-electron chi connectivity index (χ3n) is 18.8. The molecule has 5 fully saturated rings. The fraction of sp³-hybridized carbons (Fsp3) is 0.667. The van der Waals surface area contributed by atoms with Crippen molar-refractivity contribution < 1.29 is 27.9 Å². The largest absolute Gasteiger partial charge is 0.481 e. The van der Waals surface area contributed by atoms with Crippen molar-refractivity contribution in [3.63, 3.8) is 0 Å². The highest BCUT2D eigenvalue weighted by Gasteiger charge is 2.71. The molecule has 0 radical (unpaired) electrons. The summed E-state index contributed by atoms with van der Waals surface area (Å²) in [4.78, 5) is 31.2. The number of allylic oxidation sites excluding steroid dienone is 6. The molecule has 0 bridgehead atoms. The van der Waals surface area contributed by atoms with Crippen molar-refractivity contribution in [3.8, 4) is 5.88 Å². The number of nitrogens with one attached hydrogen (secondary N) is 1. The monoisotopic (exact) mass is 869 g/mol. The third-order valence-corrected chi connectivity index (χ3v) is 20.4. The lowest BCUT2D eigenvalue weighted by Crippen LogP contribution is -2.68. The van der Waals surface area contributed by atoms with Crippen LogP contribution in [0.25, 0.3) is 0 Å². The van der Waals surface area contributed by atoms with Crippen molar-refractivity contribution >= 4 is 21.7 Å². The summed E-state index contributed by atoms with van der Waals surface area (Å²) >= 11 is 0. The number of sulfone groups is 1. The summed E-state index contributed by atoms with van der Waals surface area (Å²) in [6, 6.07) is 3.14. The first-order valence-electron chi connectivity index (χ1n) is 23.5. The summed E-state index contributed by atoms with van der Waals surface area (Å²) in [7, 11) is -2.90. The van der Waals surface area contributed by atoms with E-state index in [0.29, 0.717) is 61.9 Å². The highest BCUT2D eigenvalue weighted by molar-refractivity contribution is 7.91. The highest BCUT2D eigenvalue weighted by atomic mass is 32.2. The first kappa shape index (κ1) is 45.0. The molecule has 1 saturated heterocycles. The maximum absolute atomic E-state index is 12.8. The Bertz CT molecular complexity index is 2180. The molecule has 10 atom stereocenters. The second-order valence-electron chi connectivity index (χ2n) is 21.7. The van der Waals surface area contributed by atoms with Crippen molar-refractivity contribution in [2.24, 2.45) is 62.4 Å². The number of carboxylic acids is 1. The van der Waals surface area contributed by atoms with Crippen LogP contribution in [0, 0.1) is 56.7 Å². The van der Waals surface area contributed by atoms with Gasteiger partial charge in [-0.15, -0.1) is 6.58 Å². The van der Waals surface area contributed by atoms with Crippen LogP contribution in [0.15, 0.2) is 78.8 Å². The molecule has 8 rings (SSSR count). The van der Waals surface area contributed by atoms with Crippen LogP contribution in [-0.4, -0.2) is 78.5 Å². The molecule has 0 spiro atoms. The van der Waals surface area contributed by atoms with Crippen molar-refractivity contribution in [3.05, 3.63) is 84.3 Å². The summed E-state index contributed by atoms with van der Waals surface area (Å²) in [5.74, 6) is 1.62. The normalized spacial score (nSPS) is 39.9. The van der Waals surface area contributed by atoms with Gasteiger partial charge in [0.1, 0.15) is 5.56 Å². The van der Waals surface area contributed by atoms with E-state index in [1.165, 1.54) is 67.3 Å². The number of rotatable bonds is 12. The van der Waals surface area contributed by atoms with E-state index in [4.69, 9.17) is 17.0 Å². The number of aromatic nitrogens is 1. The Kier molecular flexibility index (Phi) is 11.7.